The fourth-order valence-electron chi connectivity index (χ4n) is 2.52. The molecule has 0 unspecified atom stereocenters. The monoisotopic (exact) mass is 403 g/mol. The summed E-state index contributed by atoms with van der Waals surface area (Å²) in [5, 5.41) is 13.0. The lowest BCUT2D eigenvalue weighted by Gasteiger charge is -2.21. The van der Waals surface area contributed by atoms with Gasteiger partial charge in [0.1, 0.15) is 0 Å². The molecule has 0 saturated carbocycles. The number of nitro benzene ring substituents is 1. The molecule has 0 aliphatic heterocycles. The molecular weight excluding hydrogens is 386 g/mol. The van der Waals surface area contributed by atoms with Gasteiger partial charge in [-0.3, -0.25) is 10.1 Å². The Morgan fingerprint density at radius 1 is 1.11 bits per heavy atom. The first-order chi connectivity index (χ1) is 12.9. The molecule has 7 nitrogen and oxygen atoms in total. The summed E-state index contributed by atoms with van der Waals surface area (Å²) in [6, 6.07) is 14.5. The zero-order chi connectivity index (χ0) is 19.4. The summed E-state index contributed by atoms with van der Waals surface area (Å²) in [5.41, 5.74) is 1.59. The second kappa shape index (κ2) is 7.85. The Bertz CT molecular complexity index is 1030. The molecule has 0 atom stereocenters. The molecule has 0 aliphatic rings. The second-order valence-corrected chi connectivity index (χ2v) is 8.53. The molecule has 0 radical (unpaired) electrons. The maximum Gasteiger partial charge on any atom is 0.269 e. The van der Waals surface area contributed by atoms with Crippen molar-refractivity contribution in [2.75, 3.05) is 10.8 Å². The molecule has 27 heavy (non-hydrogen) atoms. The van der Waals surface area contributed by atoms with E-state index in [1.54, 1.807) is 12.3 Å². The number of sulfonamides is 1. The minimum Gasteiger partial charge on any atom is -0.258 e. The molecule has 0 amide bonds. The molecule has 3 rings (SSSR count). The van der Waals surface area contributed by atoms with Gasteiger partial charge in [-0.1, -0.05) is 30.3 Å². The van der Waals surface area contributed by atoms with Gasteiger partial charge in [0.2, 0.25) is 0 Å². The summed E-state index contributed by atoms with van der Waals surface area (Å²) < 4.78 is 27.6. The van der Waals surface area contributed by atoms with Crippen LogP contribution in [0, 0.1) is 17.0 Å². The van der Waals surface area contributed by atoms with Crippen LogP contribution in [-0.4, -0.2) is 24.9 Å². The number of aromatic nitrogens is 1. The highest BCUT2D eigenvalue weighted by atomic mass is 32.2. The van der Waals surface area contributed by atoms with Gasteiger partial charge >= 0.3 is 0 Å². The van der Waals surface area contributed by atoms with Crippen LogP contribution in [0.4, 0.5) is 10.8 Å². The van der Waals surface area contributed by atoms with Crippen molar-refractivity contribution in [1.82, 2.24) is 4.98 Å². The number of nitrogens with zero attached hydrogens (tertiary/aromatic N) is 3. The van der Waals surface area contributed by atoms with E-state index in [-0.39, 0.29) is 17.1 Å². The molecule has 0 fully saturated rings. The van der Waals surface area contributed by atoms with Gasteiger partial charge in [-0.15, -0.1) is 11.3 Å². The van der Waals surface area contributed by atoms with Crippen molar-refractivity contribution in [2.45, 2.75) is 18.2 Å². The minimum absolute atomic E-state index is 0.00554. The number of benzene rings is 2. The highest BCUT2D eigenvalue weighted by Gasteiger charge is 2.27. The quantitative estimate of drug-likeness (QED) is 0.442. The molecule has 140 valence electrons. The molecule has 9 heteroatoms. The average molecular weight is 403 g/mol. The first-order valence-corrected chi connectivity index (χ1v) is 10.4. The lowest BCUT2D eigenvalue weighted by molar-refractivity contribution is -0.384. The van der Waals surface area contributed by atoms with Crippen LogP contribution < -0.4 is 4.31 Å². The van der Waals surface area contributed by atoms with Crippen LogP contribution in [-0.2, 0) is 16.4 Å². The zero-order valence-electron chi connectivity index (χ0n) is 14.5. The summed E-state index contributed by atoms with van der Waals surface area (Å²) >= 11 is 1.25. The van der Waals surface area contributed by atoms with E-state index in [1.165, 1.54) is 39.9 Å². The number of non-ortho nitro benzene ring substituents is 1. The van der Waals surface area contributed by atoms with Gasteiger partial charge in [-0.25, -0.2) is 17.7 Å². The first-order valence-electron chi connectivity index (χ1n) is 8.11. The smallest absolute Gasteiger partial charge is 0.258 e. The van der Waals surface area contributed by atoms with E-state index in [1.807, 2.05) is 30.3 Å². The Morgan fingerprint density at radius 2 is 1.78 bits per heavy atom. The highest BCUT2D eigenvalue weighted by Crippen LogP contribution is 2.28. The van der Waals surface area contributed by atoms with Gasteiger partial charge in [0.15, 0.2) is 5.13 Å². The second-order valence-electron chi connectivity index (χ2n) is 5.84. The van der Waals surface area contributed by atoms with Crippen molar-refractivity contribution < 1.29 is 13.3 Å². The van der Waals surface area contributed by atoms with Crippen LogP contribution in [0.1, 0.15) is 11.3 Å². The minimum atomic E-state index is -3.89. The van der Waals surface area contributed by atoms with E-state index >= 15 is 0 Å². The summed E-state index contributed by atoms with van der Waals surface area (Å²) in [5.74, 6) is 0. The lowest BCUT2D eigenvalue weighted by atomic mass is 10.1. The number of nitro groups is 1. The van der Waals surface area contributed by atoms with Crippen LogP contribution in [0.15, 0.2) is 64.9 Å². The van der Waals surface area contributed by atoms with Crippen LogP contribution >= 0.6 is 11.3 Å². The van der Waals surface area contributed by atoms with Crippen LogP contribution in [0.3, 0.4) is 0 Å². The number of thiazole rings is 1. The first kappa shape index (κ1) is 19.0. The molecule has 1 heterocycles. The van der Waals surface area contributed by atoms with Crippen molar-refractivity contribution in [1.29, 1.82) is 0 Å². The van der Waals surface area contributed by atoms with Crippen molar-refractivity contribution in [2.24, 2.45) is 0 Å². The van der Waals surface area contributed by atoms with Gasteiger partial charge in [0, 0.05) is 24.1 Å². The van der Waals surface area contributed by atoms with Gasteiger partial charge < -0.3 is 0 Å². The number of hydrogen-bond donors (Lipinski definition) is 0. The Balaban J connectivity index is 1.94. The molecule has 0 bridgehead atoms. The Kier molecular flexibility index (Phi) is 5.52. The molecule has 0 aliphatic carbocycles. The van der Waals surface area contributed by atoms with Gasteiger partial charge in [-0.05, 0) is 31.0 Å². The number of hydrogen-bond acceptors (Lipinski definition) is 6. The summed E-state index contributed by atoms with van der Waals surface area (Å²) in [6.07, 6.45) is 0.520. The number of rotatable bonds is 7. The third-order valence-electron chi connectivity index (χ3n) is 3.90. The number of aryl methyl sites for hydroxylation is 1. The predicted molar refractivity (Wildman–Crippen MR) is 105 cm³/mol. The summed E-state index contributed by atoms with van der Waals surface area (Å²) in [4.78, 5) is 14.6. The summed E-state index contributed by atoms with van der Waals surface area (Å²) in [7, 11) is -3.89. The van der Waals surface area contributed by atoms with Crippen molar-refractivity contribution in [3.8, 4) is 0 Å². The maximum absolute atomic E-state index is 13.2. The Labute approximate surface area is 161 Å². The zero-order valence-corrected chi connectivity index (χ0v) is 16.1. The fraction of sp³-hybridized carbons (Fsp3) is 0.167. The van der Waals surface area contributed by atoms with E-state index in [4.69, 9.17) is 0 Å². The van der Waals surface area contributed by atoms with Crippen molar-refractivity contribution >= 4 is 32.2 Å². The van der Waals surface area contributed by atoms with Crippen LogP contribution in [0.5, 0.6) is 0 Å². The lowest BCUT2D eigenvalue weighted by Crippen LogP contribution is -2.33. The van der Waals surface area contributed by atoms with E-state index in [0.29, 0.717) is 11.6 Å². The Morgan fingerprint density at radius 3 is 2.33 bits per heavy atom. The topological polar surface area (TPSA) is 93.4 Å². The van der Waals surface area contributed by atoms with Crippen LogP contribution in [0.25, 0.3) is 0 Å². The van der Waals surface area contributed by atoms with Gasteiger partial charge in [-0.2, -0.15) is 0 Å². The molecular formula is C18H17N3O4S2. The van der Waals surface area contributed by atoms with E-state index < -0.39 is 14.9 Å². The average Bonchev–Trinajstić information content (AvgIpc) is 3.08. The third-order valence-corrected chi connectivity index (χ3v) is 6.80. The van der Waals surface area contributed by atoms with E-state index in [2.05, 4.69) is 4.98 Å². The molecule has 0 N–H and O–H groups in total. The van der Waals surface area contributed by atoms with Crippen LogP contribution in [0.2, 0.25) is 0 Å². The fourth-order valence-corrected chi connectivity index (χ4v) is 4.99. The summed E-state index contributed by atoms with van der Waals surface area (Å²) in [6.45, 7) is 2.02. The molecule has 3 aromatic rings. The predicted octanol–water partition coefficient (Wildman–Crippen LogP) is 3.80. The van der Waals surface area contributed by atoms with E-state index in [0.717, 1.165) is 11.3 Å². The van der Waals surface area contributed by atoms with Gasteiger partial charge in [0.25, 0.3) is 15.7 Å². The molecule has 1 aromatic heterocycles. The standard InChI is InChI=1S/C18H17N3O4S2/c1-14-13-26-18(19-14)20(12-11-15-5-3-2-4-6-15)27(24,25)17-9-7-16(8-10-17)21(22)23/h2-10,13H,11-12H2,1H3. The number of anilines is 1. The molecule has 0 saturated heterocycles. The Hall–Kier alpha value is -2.78. The molecule has 0 spiro atoms. The SMILES string of the molecule is Cc1csc(N(CCc2ccccc2)S(=O)(=O)c2ccc([N+](=O)[O-])cc2)n1. The molecule has 2 aromatic carbocycles. The van der Waals surface area contributed by atoms with Gasteiger partial charge in [0.05, 0.1) is 15.5 Å². The maximum atomic E-state index is 13.2. The van der Waals surface area contributed by atoms with Crippen molar-refractivity contribution in [3.05, 3.63) is 81.3 Å². The normalized spacial score (nSPS) is 11.3. The highest BCUT2D eigenvalue weighted by molar-refractivity contribution is 7.93. The largest absolute Gasteiger partial charge is 0.269 e. The van der Waals surface area contributed by atoms with Crippen molar-refractivity contribution in [3.63, 3.8) is 0 Å². The van der Waals surface area contributed by atoms with E-state index in [9.17, 15) is 18.5 Å². The third kappa shape index (κ3) is 4.32.